The highest BCUT2D eigenvalue weighted by atomic mass is 35.5. The number of ether oxygens (including phenoxy) is 1. The minimum absolute atomic E-state index is 0.0301. The van der Waals surface area contributed by atoms with E-state index in [0.29, 0.717) is 33.8 Å². The van der Waals surface area contributed by atoms with E-state index in [9.17, 15) is 14.7 Å². The summed E-state index contributed by atoms with van der Waals surface area (Å²) in [5.74, 6) is -0.475. The molecule has 3 aromatic carbocycles. The minimum atomic E-state index is -0.390. The Labute approximate surface area is 171 Å². The van der Waals surface area contributed by atoms with Crippen molar-refractivity contribution in [1.29, 1.82) is 0 Å². The van der Waals surface area contributed by atoms with Gasteiger partial charge >= 0.3 is 0 Å². The number of hydrogen-bond acceptors (Lipinski definition) is 5. The van der Waals surface area contributed by atoms with Crippen LogP contribution >= 0.6 is 11.6 Å². The number of methoxy groups -OCH3 is 1. The number of amides is 2. The highest BCUT2D eigenvalue weighted by molar-refractivity contribution is 6.36. The number of benzene rings is 3. The number of nitrogens with zero attached hydrogens (tertiary/aromatic N) is 2. The number of fused-ring (bicyclic) bond motifs is 1. The molecule has 1 aliphatic rings. The van der Waals surface area contributed by atoms with Gasteiger partial charge in [-0.15, -0.1) is 0 Å². The fraction of sp³-hybridized carbons (Fsp3) is 0.0455. The van der Waals surface area contributed by atoms with E-state index in [0.717, 1.165) is 4.90 Å². The van der Waals surface area contributed by atoms with Gasteiger partial charge in [-0.05, 0) is 42.5 Å². The van der Waals surface area contributed by atoms with Gasteiger partial charge in [0.1, 0.15) is 0 Å². The highest BCUT2D eigenvalue weighted by Gasteiger charge is 2.36. The Morgan fingerprint density at radius 2 is 1.69 bits per heavy atom. The van der Waals surface area contributed by atoms with Crippen molar-refractivity contribution < 1.29 is 19.4 Å². The van der Waals surface area contributed by atoms with Crippen molar-refractivity contribution in [3.8, 4) is 11.5 Å². The van der Waals surface area contributed by atoms with Gasteiger partial charge in [0.05, 0.1) is 34.6 Å². The second kappa shape index (κ2) is 7.41. The van der Waals surface area contributed by atoms with Gasteiger partial charge in [-0.2, -0.15) is 0 Å². The number of phenolic OH excluding ortho intramolecular Hbond substituents is 1. The van der Waals surface area contributed by atoms with Crippen molar-refractivity contribution in [2.75, 3.05) is 12.0 Å². The second-order valence-corrected chi connectivity index (χ2v) is 6.69. The van der Waals surface area contributed by atoms with Crippen LogP contribution in [-0.2, 0) is 0 Å². The lowest BCUT2D eigenvalue weighted by molar-refractivity contribution is 0.0926. The maximum Gasteiger partial charge on any atom is 0.266 e. The molecule has 0 fully saturated rings. The lowest BCUT2D eigenvalue weighted by Gasteiger charge is -2.14. The number of halogens is 1. The van der Waals surface area contributed by atoms with E-state index in [2.05, 4.69) is 4.99 Å². The number of aromatic hydroxyl groups is 1. The number of carbonyl (C=O) groups excluding carboxylic acids is 2. The smallest absolute Gasteiger partial charge is 0.266 e. The average Bonchev–Trinajstić information content (AvgIpc) is 2.99. The lowest BCUT2D eigenvalue weighted by atomic mass is 10.1. The summed E-state index contributed by atoms with van der Waals surface area (Å²) < 4.78 is 5.07. The molecule has 0 aromatic heterocycles. The molecule has 0 saturated carbocycles. The normalized spacial score (nSPS) is 13.2. The average molecular weight is 407 g/mol. The maximum atomic E-state index is 12.6. The number of imide groups is 1. The standard InChI is InChI=1S/C22H15ClN2O4/c1-29-19-8-4-5-13(20(19)26)12-24-18-10-9-14(11-17(18)23)25-21(27)15-6-2-3-7-16(15)22(25)28/h2-12,26H,1H3. The summed E-state index contributed by atoms with van der Waals surface area (Å²) in [5, 5.41) is 10.4. The number of carbonyl (C=O) groups is 2. The molecule has 4 rings (SSSR count). The van der Waals surface area contributed by atoms with Gasteiger partial charge in [0.25, 0.3) is 11.8 Å². The molecule has 2 amide bonds. The van der Waals surface area contributed by atoms with E-state index in [4.69, 9.17) is 16.3 Å². The van der Waals surface area contributed by atoms with E-state index in [-0.39, 0.29) is 22.6 Å². The summed E-state index contributed by atoms with van der Waals surface area (Å²) in [6.45, 7) is 0. The zero-order valence-corrected chi connectivity index (χ0v) is 16.1. The number of aliphatic imine (C=N–C) groups is 1. The SMILES string of the molecule is COc1cccc(C=Nc2ccc(N3C(=O)c4ccccc4C3=O)cc2Cl)c1O. The Morgan fingerprint density at radius 3 is 2.31 bits per heavy atom. The molecule has 0 unspecified atom stereocenters. The monoisotopic (exact) mass is 406 g/mol. The van der Waals surface area contributed by atoms with E-state index in [1.165, 1.54) is 19.4 Å². The van der Waals surface area contributed by atoms with E-state index >= 15 is 0 Å². The minimum Gasteiger partial charge on any atom is -0.504 e. The van der Waals surface area contributed by atoms with Crippen molar-refractivity contribution in [3.05, 3.63) is 82.4 Å². The van der Waals surface area contributed by atoms with Crippen LogP contribution < -0.4 is 9.64 Å². The van der Waals surface area contributed by atoms with Crippen LogP contribution in [0, 0.1) is 0 Å². The van der Waals surface area contributed by atoms with Crippen LogP contribution in [0.1, 0.15) is 26.3 Å². The molecule has 7 heteroatoms. The molecule has 3 aromatic rings. The second-order valence-electron chi connectivity index (χ2n) is 6.28. The van der Waals surface area contributed by atoms with Crippen LogP contribution in [0.4, 0.5) is 11.4 Å². The van der Waals surface area contributed by atoms with Crippen LogP contribution in [0.15, 0.2) is 65.7 Å². The van der Waals surface area contributed by atoms with Gasteiger partial charge in [-0.3, -0.25) is 14.6 Å². The number of anilines is 1. The van der Waals surface area contributed by atoms with Crippen LogP contribution in [0.3, 0.4) is 0 Å². The fourth-order valence-corrected chi connectivity index (χ4v) is 3.33. The summed E-state index contributed by atoms with van der Waals surface area (Å²) in [6, 6.07) is 16.4. The number of phenols is 1. The molecule has 0 aliphatic carbocycles. The Balaban J connectivity index is 1.63. The largest absolute Gasteiger partial charge is 0.504 e. The molecule has 1 heterocycles. The molecule has 144 valence electrons. The summed E-state index contributed by atoms with van der Waals surface area (Å²) in [6.07, 6.45) is 1.46. The Kier molecular flexibility index (Phi) is 4.78. The van der Waals surface area contributed by atoms with Crippen LogP contribution in [0.5, 0.6) is 11.5 Å². The van der Waals surface area contributed by atoms with Crippen molar-refractivity contribution in [2.24, 2.45) is 4.99 Å². The molecule has 0 bridgehead atoms. The molecular weight excluding hydrogens is 392 g/mol. The van der Waals surface area contributed by atoms with Gasteiger partial charge in [-0.25, -0.2) is 4.90 Å². The molecule has 0 atom stereocenters. The van der Waals surface area contributed by atoms with Crippen molar-refractivity contribution in [3.63, 3.8) is 0 Å². The molecule has 0 saturated heterocycles. The number of hydrogen-bond donors (Lipinski definition) is 1. The summed E-state index contributed by atoms with van der Waals surface area (Å²) >= 11 is 6.33. The predicted molar refractivity (Wildman–Crippen MR) is 111 cm³/mol. The predicted octanol–water partition coefficient (Wildman–Crippen LogP) is 4.61. The zero-order chi connectivity index (χ0) is 20.5. The first-order valence-electron chi connectivity index (χ1n) is 8.68. The lowest BCUT2D eigenvalue weighted by Crippen LogP contribution is -2.29. The molecule has 0 spiro atoms. The van der Waals surface area contributed by atoms with Crippen LogP contribution in [0.2, 0.25) is 5.02 Å². The third-order valence-electron chi connectivity index (χ3n) is 4.58. The van der Waals surface area contributed by atoms with E-state index < -0.39 is 0 Å². The summed E-state index contributed by atoms with van der Waals surface area (Å²) in [4.78, 5) is 30.6. The van der Waals surface area contributed by atoms with E-state index in [1.54, 1.807) is 54.6 Å². The first-order chi connectivity index (χ1) is 14.0. The maximum absolute atomic E-state index is 12.6. The fourth-order valence-electron chi connectivity index (χ4n) is 3.11. The number of rotatable bonds is 4. The molecule has 1 aliphatic heterocycles. The third-order valence-corrected chi connectivity index (χ3v) is 4.88. The van der Waals surface area contributed by atoms with Gasteiger partial charge in [0, 0.05) is 11.8 Å². The van der Waals surface area contributed by atoms with Crippen molar-refractivity contribution >= 4 is 41.0 Å². The van der Waals surface area contributed by atoms with Gasteiger partial charge in [0.2, 0.25) is 0 Å². The van der Waals surface area contributed by atoms with E-state index in [1.807, 2.05) is 0 Å². The third kappa shape index (κ3) is 3.23. The Morgan fingerprint density at radius 1 is 1.00 bits per heavy atom. The first kappa shape index (κ1) is 18.7. The molecule has 1 N–H and O–H groups in total. The number of para-hydroxylation sites is 1. The van der Waals surface area contributed by atoms with Crippen molar-refractivity contribution in [1.82, 2.24) is 0 Å². The van der Waals surface area contributed by atoms with Crippen LogP contribution in [0.25, 0.3) is 0 Å². The topological polar surface area (TPSA) is 79.2 Å². The van der Waals surface area contributed by atoms with Crippen molar-refractivity contribution in [2.45, 2.75) is 0 Å². The van der Waals surface area contributed by atoms with Gasteiger partial charge < -0.3 is 9.84 Å². The van der Waals surface area contributed by atoms with Crippen LogP contribution in [-0.4, -0.2) is 30.2 Å². The Hall–Kier alpha value is -3.64. The summed E-state index contributed by atoms with van der Waals surface area (Å²) in [7, 11) is 1.46. The Bertz CT molecular complexity index is 1140. The zero-order valence-electron chi connectivity index (χ0n) is 15.3. The first-order valence-corrected chi connectivity index (χ1v) is 9.06. The molecule has 29 heavy (non-hydrogen) atoms. The highest BCUT2D eigenvalue weighted by Crippen LogP contribution is 2.34. The molecule has 0 radical (unpaired) electrons. The van der Waals surface area contributed by atoms with Gasteiger partial charge in [-0.1, -0.05) is 29.8 Å². The summed E-state index contributed by atoms with van der Waals surface area (Å²) in [5.41, 5.74) is 1.98. The van der Waals surface area contributed by atoms with Gasteiger partial charge in [0.15, 0.2) is 11.5 Å². The quantitative estimate of drug-likeness (QED) is 0.507. The molecule has 6 nitrogen and oxygen atoms in total. The molecular formula is C22H15ClN2O4.